The Labute approximate surface area is 181 Å². The van der Waals surface area contributed by atoms with Gasteiger partial charge in [-0.25, -0.2) is 0 Å². The molecule has 0 bridgehead atoms. The van der Waals surface area contributed by atoms with Crippen LogP contribution in [0.3, 0.4) is 0 Å². The Morgan fingerprint density at radius 1 is 1.03 bits per heavy atom. The zero-order valence-corrected chi connectivity index (χ0v) is 17.4. The van der Waals surface area contributed by atoms with Gasteiger partial charge in [-0.2, -0.15) is 13.2 Å². The maximum absolute atomic E-state index is 13.8. The molecule has 0 aliphatic carbocycles. The first-order chi connectivity index (χ1) is 14.6. The number of fused-ring (bicyclic) bond motifs is 1. The van der Waals surface area contributed by atoms with Crippen LogP contribution in [0.15, 0.2) is 54.6 Å². The Balaban J connectivity index is 2.28. The maximum Gasteiger partial charge on any atom is 0.420 e. The molecular formula is C22H18F3NO4S. The van der Waals surface area contributed by atoms with E-state index >= 15 is 0 Å². The molecule has 0 aromatic heterocycles. The highest BCUT2D eigenvalue weighted by Gasteiger charge is 2.37. The lowest BCUT2D eigenvalue weighted by Crippen LogP contribution is -2.31. The van der Waals surface area contributed by atoms with Crippen LogP contribution in [0.1, 0.15) is 11.1 Å². The first kappa shape index (κ1) is 22.4. The highest BCUT2D eigenvalue weighted by molar-refractivity contribution is 7.80. The number of hydrogen-bond acceptors (Lipinski definition) is 4. The molecule has 0 atom stereocenters. The summed E-state index contributed by atoms with van der Waals surface area (Å²) < 4.78 is 52.4. The second-order valence-corrected chi connectivity index (χ2v) is 7.03. The quantitative estimate of drug-likeness (QED) is 0.512. The number of carboxylic acid groups (broad SMARTS) is 1. The number of ether oxygens (including phenoxy) is 2. The summed E-state index contributed by atoms with van der Waals surface area (Å²) in [6.45, 7) is -0.428. The number of halogens is 3. The third-order valence-corrected chi connectivity index (χ3v) is 5.05. The topological polar surface area (TPSA) is 59.0 Å². The maximum atomic E-state index is 13.8. The fourth-order valence-corrected chi connectivity index (χ4v) is 3.49. The van der Waals surface area contributed by atoms with Gasteiger partial charge < -0.3 is 19.5 Å². The molecule has 0 saturated carbocycles. The van der Waals surface area contributed by atoms with E-state index in [1.54, 1.807) is 30.3 Å². The van der Waals surface area contributed by atoms with Gasteiger partial charge in [0.15, 0.2) is 0 Å². The SMILES string of the molecule is COc1ccc2c(C(=S)N(C)CC(=O)O)c(Oc3ccccc3)ccc2c1C(F)(F)F. The van der Waals surface area contributed by atoms with Gasteiger partial charge in [-0.1, -0.05) is 30.4 Å². The molecule has 0 unspecified atom stereocenters. The third kappa shape index (κ3) is 4.72. The highest BCUT2D eigenvalue weighted by atomic mass is 32.1. The number of thiocarbonyl (C=S) groups is 1. The van der Waals surface area contributed by atoms with Crippen LogP contribution < -0.4 is 9.47 Å². The molecule has 1 N–H and O–H groups in total. The minimum atomic E-state index is -4.68. The minimum Gasteiger partial charge on any atom is -0.496 e. The molecule has 0 heterocycles. The lowest BCUT2D eigenvalue weighted by molar-refractivity contribution is -0.138. The van der Waals surface area contributed by atoms with Gasteiger partial charge in [0.1, 0.15) is 34.3 Å². The summed E-state index contributed by atoms with van der Waals surface area (Å²) >= 11 is 5.46. The van der Waals surface area contributed by atoms with Gasteiger partial charge in [0.2, 0.25) is 0 Å². The lowest BCUT2D eigenvalue weighted by Gasteiger charge is -2.23. The van der Waals surface area contributed by atoms with Crippen molar-refractivity contribution in [3.8, 4) is 17.2 Å². The van der Waals surface area contributed by atoms with Gasteiger partial charge in [0.05, 0.1) is 12.7 Å². The van der Waals surface area contributed by atoms with E-state index in [-0.39, 0.29) is 32.8 Å². The van der Waals surface area contributed by atoms with E-state index in [4.69, 9.17) is 26.8 Å². The van der Waals surface area contributed by atoms with Crippen molar-refractivity contribution in [1.29, 1.82) is 0 Å². The molecule has 0 aliphatic rings. The van der Waals surface area contributed by atoms with Crippen LogP contribution in [0.5, 0.6) is 17.2 Å². The summed E-state index contributed by atoms with van der Waals surface area (Å²) in [7, 11) is 2.62. The van der Waals surface area contributed by atoms with Crippen molar-refractivity contribution in [2.75, 3.05) is 20.7 Å². The summed E-state index contributed by atoms with van der Waals surface area (Å²) in [5.41, 5.74) is -0.753. The van der Waals surface area contributed by atoms with Crippen molar-refractivity contribution < 1.29 is 32.5 Å². The number of aliphatic carboxylic acids is 1. The van der Waals surface area contributed by atoms with Crippen molar-refractivity contribution in [3.05, 3.63) is 65.7 Å². The van der Waals surface area contributed by atoms with E-state index in [1.807, 2.05) is 0 Å². The molecule has 31 heavy (non-hydrogen) atoms. The summed E-state index contributed by atoms with van der Waals surface area (Å²) in [5, 5.41) is 9.16. The smallest absolute Gasteiger partial charge is 0.420 e. The third-order valence-electron chi connectivity index (χ3n) is 4.53. The molecule has 0 aliphatic heterocycles. The van der Waals surface area contributed by atoms with Crippen LogP contribution in [0, 0.1) is 0 Å². The minimum absolute atomic E-state index is 0.0391. The van der Waals surface area contributed by atoms with Crippen LogP contribution >= 0.6 is 12.2 Å². The van der Waals surface area contributed by atoms with Crippen LogP contribution in [0.25, 0.3) is 10.8 Å². The van der Waals surface area contributed by atoms with E-state index in [0.717, 1.165) is 7.11 Å². The van der Waals surface area contributed by atoms with Crippen LogP contribution in [0.4, 0.5) is 13.2 Å². The average molecular weight is 449 g/mol. The zero-order chi connectivity index (χ0) is 22.8. The summed E-state index contributed by atoms with van der Waals surface area (Å²) in [5.74, 6) is -0.795. The lowest BCUT2D eigenvalue weighted by atomic mass is 9.97. The summed E-state index contributed by atoms with van der Waals surface area (Å²) in [6, 6.07) is 14.0. The largest absolute Gasteiger partial charge is 0.496 e. The Hall–Kier alpha value is -3.33. The predicted molar refractivity (Wildman–Crippen MR) is 114 cm³/mol. The summed E-state index contributed by atoms with van der Waals surface area (Å²) in [6.07, 6.45) is -4.68. The van der Waals surface area contributed by atoms with Crippen LogP contribution in [-0.4, -0.2) is 41.7 Å². The van der Waals surface area contributed by atoms with Crippen LogP contribution in [-0.2, 0) is 11.0 Å². The van der Waals surface area contributed by atoms with E-state index in [0.29, 0.717) is 5.75 Å². The molecule has 9 heteroatoms. The van der Waals surface area contributed by atoms with Gasteiger partial charge in [0, 0.05) is 7.05 Å². The second-order valence-electron chi connectivity index (χ2n) is 6.64. The highest BCUT2D eigenvalue weighted by Crippen LogP contribution is 2.44. The predicted octanol–water partition coefficient (Wildman–Crippen LogP) is 5.35. The first-order valence-corrected chi connectivity index (χ1v) is 9.45. The number of nitrogens with zero attached hydrogens (tertiary/aromatic N) is 1. The standard InChI is InChI=1S/C22H18F3NO4S/c1-26(12-18(27)28)21(31)19-14-8-11-17(29-2)20(22(23,24)25)15(14)9-10-16(19)30-13-6-4-3-5-7-13/h3-11H,12H2,1-2H3,(H,27,28). The van der Waals surface area contributed by atoms with E-state index in [2.05, 4.69) is 0 Å². The monoisotopic (exact) mass is 449 g/mol. The molecule has 162 valence electrons. The first-order valence-electron chi connectivity index (χ1n) is 9.04. The average Bonchev–Trinajstić information content (AvgIpc) is 2.71. The number of rotatable bonds is 6. The number of methoxy groups -OCH3 is 1. The number of carbonyl (C=O) groups is 1. The number of hydrogen-bond donors (Lipinski definition) is 1. The Morgan fingerprint density at radius 2 is 1.65 bits per heavy atom. The molecule has 3 aromatic rings. The number of para-hydroxylation sites is 1. The molecule has 0 saturated heterocycles. The summed E-state index contributed by atoms with van der Waals surface area (Å²) in [4.78, 5) is 12.5. The van der Waals surface area contributed by atoms with Crippen molar-refractivity contribution in [2.45, 2.75) is 6.18 Å². The zero-order valence-electron chi connectivity index (χ0n) is 16.6. The van der Waals surface area contributed by atoms with Gasteiger partial charge in [-0.3, -0.25) is 4.79 Å². The van der Waals surface area contributed by atoms with Gasteiger partial charge in [-0.15, -0.1) is 0 Å². The van der Waals surface area contributed by atoms with E-state index in [9.17, 15) is 18.0 Å². The molecule has 0 amide bonds. The Morgan fingerprint density at radius 3 is 2.23 bits per heavy atom. The molecule has 3 aromatic carbocycles. The number of alkyl halides is 3. The fourth-order valence-electron chi connectivity index (χ4n) is 3.21. The van der Waals surface area contributed by atoms with Crippen molar-refractivity contribution in [1.82, 2.24) is 4.90 Å². The molecule has 3 rings (SSSR count). The molecule has 0 radical (unpaired) electrons. The molecule has 0 fully saturated rings. The molecule has 0 spiro atoms. The van der Waals surface area contributed by atoms with Crippen molar-refractivity contribution in [3.63, 3.8) is 0 Å². The molecular weight excluding hydrogens is 431 g/mol. The fraction of sp³-hybridized carbons (Fsp3) is 0.182. The van der Waals surface area contributed by atoms with Gasteiger partial charge in [0.25, 0.3) is 0 Å². The van der Waals surface area contributed by atoms with Gasteiger partial charge >= 0.3 is 12.1 Å². The van der Waals surface area contributed by atoms with E-state index < -0.39 is 24.3 Å². The second kappa shape index (κ2) is 8.81. The van der Waals surface area contributed by atoms with Gasteiger partial charge in [-0.05, 0) is 47.2 Å². The number of likely N-dealkylation sites (N-methyl/N-ethyl adjacent to an activating group) is 1. The number of carboxylic acids is 1. The Kier molecular flexibility index (Phi) is 6.35. The van der Waals surface area contributed by atoms with Crippen molar-refractivity contribution in [2.24, 2.45) is 0 Å². The number of benzene rings is 3. The van der Waals surface area contributed by atoms with Crippen LogP contribution in [0.2, 0.25) is 0 Å². The molecule has 5 nitrogen and oxygen atoms in total. The van der Waals surface area contributed by atoms with E-state index in [1.165, 1.54) is 36.2 Å². The van der Waals surface area contributed by atoms with Crippen molar-refractivity contribution >= 4 is 33.9 Å². The Bertz CT molecular complexity index is 1130. The normalized spacial score (nSPS) is 11.3.